The van der Waals surface area contributed by atoms with Gasteiger partial charge in [-0.1, -0.05) is 0 Å². The summed E-state index contributed by atoms with van der Waals surface area (Å²) in [7, 11) is 0. The van der Waals surface area contributed by atoms with Crippen LogP contribution in [0.3, 0.4) is 0 Å². The molecule has 8 heteroatoms. The van der Waals surface area contributed by atoms with Crippen molar-refractivity contribution in [3.63, 3.8) is 0 Å². The fourth-order valence-corrected chi connectivity index (χ4v) is 0.673. The number of alkyl halides is 3. The van der Waals surface area contributed by atoms with E-state index in [9.17, 15) is 22.8 Å². The fraction of sp³-hybridized carbons (Fsp3) is 0.714. The Labute approximate surface area is 83.6 Å². The van der Waals surface area contributed by atoms with Crippen molar-refractivity contribution in [2.75, 3.05) is 19.7 Å². The molecule has 0 aromatic rings. The van der Waals surface area contributed by atoms with Crippen LogP contribution in [0, 0.1) is 0 Å². The number of rotatable bonds is 5. The highest BCUT2D eigenvalue weighted by Gasteiger charge is 2.38. The number of hydrogen-bond acceptors (Lipinski definition) is 3. The van der Waals surface area contributed by atoms with E-state index in [4.69, 9.17) is 5.11 Å². The van der Waals surface area contributed by atoms with Crippen LogP contribution in [0.2, 0.25) is 0 Å². The summed E-state index contributed by atoms with van der Waals surface area (Å²) in [5.41, 5.74) is 0. The van der Waals surface area contributed by atoms with E-state index in [1.165, 1.54) is 0 Å². The van der Waals surface area contributed by atoms with Gasteiger partial charge in [-0.15, -0.1) is 0 Å². The highest BCUT2D eigenvalue weighted by Crippen LogP contribution is 2.13. The molecule has 0 aromatic heterocycles. The smallest absolute Gasteiger partial charge is 0.395 e. The minimum absolute atomic E-state index is 0.0338. The Bertz CT molecular complexity index is 230. The second kappa shape index (κ2) is 6.23. The van der Waals surface area contributed by atoms with Gasteiger partial charge in [0, 0.05) is 19.5 Å². The van der Waals surface area contributed by atoms with Gasteiger partial charge >= 0.3 is 12.1 Å². The van der Waals surface area contributed by atoms with Crippen LogP contribution in [0.5, 0.6) is 0 Å². The first-order valence-corrected chi connectivity index (χ1v) is 4.10. The van der Waals surface area contributed by atoms with Gasteiger partial charge in [0.15, 0.2) is 0 Å². The lowest BCUT2D eigenvalue weighted by Gasteiger charge is -2.07. The molecule has 0 heterocycles. The van der Waals surface area contributed by atoms with Crippen LogP contribution >= 0.6 is 0 Å². The molecule has 5 nitrogen and oxygen atoms in total. The molecule has 0 bridgehead atoms. The lowest BCUT2D eigenvalue weighted by Crippen LogP contribution is -2.39. The Morgan fingerprint density at radius 3 is 2.20 bits per heavy atom. The number of carbonyl (C=O) groups is 2. The van der Waals surface area contributed by atoms with E-state index in [0.29, 0.717) is 0 Å². The molecule has 2 amide bonds. The number of aliphatic hydroxyl groups excluding tert-OH is 1. The summed E-state index contributed by atoms with van der Waals surface area (Å²) >= 11 is 0. The standard InChI is InChI=1S/C7H11F3N2O3/c8-7(9,10)6(15)12-2-1-5(14)11-3-4-13/h13H,1-4H2,(H,11,14)(H,12,15). The normalized spacial score (nSPS) is 10.9. The van der Waals surface area contributed by atoms with E-state index < -0.39 is 24.5 Å². The van der Waals surface area contributed by atoms with Crippen LogP contribution in [0.15, 0.2) is 0 Å². The highest BCUT2D eigenvalue weighted by molar-refractivity contribution is 5.82. The summed E-state index contributed by atoms with van der Waals surface area (Å²) in [5, 5.41) is 12.1. The highest BCUT2D eigenvalue weighted by atomic mass is 19.4. The minimum Gasteiger partial charge on any atom is -0.395 e. The molecule has 0 saturated heterocycles. The first kappa shape index (κ1) is 13.7. The largest absolute Gasteiger partial charge is 0.471 e. The number of amides is 2. The summed E-state index contributed by atoms with van der Waals surface area (Å²) in [6.45, 7) is -0.609. The molecule has 0 aliphatic rings. The Balaban J connectivity index is 3.62. The first-order valence-electron chi connectivity index (χ1n) is 4.10. The molecule has 0 atom stereocenters. The zero-order valence-corrected chi connectivity index (χ0v) is 7.73. The quantitative estimate of drug-likeness (QED) is 0.574. The van der Waals surface area contributed by atoms with E-state index in [1.54, 1.807) is 5.32 Å². The second-order valence-corrected chi connectivity index (χ2v) is 2.58. The van der Waals surface area contributed by atoms with Crippen molar-refractivity contribution in [2.24, 2.45) is 0 Å². The van der Waals surface area contributed by atoms with E-state index in [0.717, 1.165) is 0 Å². The Morgan fingerprint density at radius 1 is 1.13 bits per heavy atom. The zero-order valence-electron chi connectivity index (χ0n) is 7.73. The molecule has 0 rings (SSSR count). The lowest BCUT2D eigenvalue weighted by molar-refractivity contribution is -0.173. The number of aliphatic hydroxyl groups is 1. The van der Waals surface area contributed by atoms with Crippen LogP contribution in [0.25, 0.3) is 0 Å². The van der Waals surface area contributed by atoms with Gasteiger partial charge < -0.3 is 15.7 Å². The maximum absolute atomic E-state index is 11.6. The third-order valence-corrected chi connectivity index (χ3v) is 1.33. The van der Waals surface area contributed by atoms with Gasteiger partial charge in [-0.2, -0.15) is 13.2 Å². The molecule has 0 aliphatic carbocycles. The molecule has 0 radical (unpaired) electrons. The van der Waals surface area contributed by atoms with Crippen LogP contribution in [0.1, 0.15) is 6.42 Å². The first-order chi connectivity index (χ1) is 6.88. The van der Waals surface area contributed by atoms with Crippen molar-refractivity contribution < 1.29 is 27.9 Å². The summed E-state index contributed by atoms with van der Waals surface area (Å²) in [6, 6.07) is 0. The molecular weight excluding hydrogens is 217 g/mol. The lowest BCUT2D eigenvalue weighted by atomic mass is 10.4. The average molecular weight is 228 g/mol. The molecule has 0 aromatic carbocycles. The van der Waals surface area contributed by atoms with Crippen molar-refractivity contribution in [2.45, 2.75) is 12.6 Å². The molecule has 15 heavy (non-hydrogen) atoms. The van der Waals surface area contributed by atoms with Gasteiger partial charge in [-0.3, -0.25) is 9.59 Å². The Hall–Kier alpha value is -1.31. The fourth-order valence-electron chi connectivity index (χ4n) is 0.673. The van der Waals surface area contributed by atoms with E-state index in [-0.39, 0.29) is 19.6 Å². The van der Waals surface area contributed by atoms with Crippen LogP contribution in [0.4, 0.5) is 13.2 Å². The van der Waals surface area contributed by atoms with Gasteiger partial charge in [0.05, 0.1) is 6.61 Å². The molecule has 0 spiro atoms. The van der Waals surface area contributed by atoms with Crippen molar-refractivity contribution in [1.29, 1.82) is 0 Å². The van der Waals surface area contributed by atoms with E-state index in [1.807, 2.05) is 0 Å². The maximum atomic E-state index is 11.6. The predicted molar refractivity (Wildman–Crippen MR) is 43.8 cm³/mol. The number of halogens is 3. The van der Waals surface area contributed by atoms with E-state index in [2.05, 4.69) is 5.32 Å². The number of nitrogens with one attached hydrogen (secondary N) is 2. The third-order valence-electron chi connectivity index (χ3n) is 1.33. The van der Waals surface area contributed by atoms with E-state index >= 15 is 0 Å². The van der Waals surface area contributed by atoms with Crippen molar-refractivity contribution >= 4 is 11.8 Å². The van der Waals surface area contributed by atoms with Crippen molar-refractivity contribution in [3.05, 3.63) is 0 Å². The molecule has 0 fully saturated rings. The van der Waals surface area contributed by atoms with Crippen molar-refractivity contribution in [3.8, 4) is 0 Å². The van der Waals surface area contributed by atoms with Crippen LogP contribution < -0.4 is 10.6 Å². The summed E-state index contributed by atoms with van der Waals surface area (Å²) in [5.74, 6) is -2.61. The van der Waals surface area contributed by atoms with Gasteiger partial charge in [0.1, 0.15) is 0 Å². The average Bonchev–Trinajstić information content (AvgIpc) is 2.13. The van der Waals surface area contributed by atoms with Crippen LogP contribution in [-0.2, 0) is 9.59 Å². The second-order valence-electron chi connectivity index (χ2n) is 2.58. The van der Waals surface area contributed by atoms with Gasteiger partial charge in [-0.25, -0.2) is 0 Å². The molecule has 0 saturated carbocycles. The van der Waals surface area contributed by atoms with Crippen LogP contribution in [-0.4, -0.2) is 42.8 Å². The van der Waals surface area contributed by atoms with Gasteiger partial charge in [0.25, 0.3) is 0 Å². The maximum Gasteiger partial charge on any atom is 0.471 e. The molecular formula is C7H11F3N2O3. The summed E-state index contributed by atoms with van der Waals surface area (Å²) in [6.07, 6.45) is -5.19. The van der Waals surface area contributed by atoms with Crippen molar-refractivity contribution in [1.82, 2.24) is 10.6 Å². The monoisotopic (exact) mass is 228 g/mol. The molecule has 88 valence electrons. The predicted octanol–water partition coefficient (Wildman–Crippen LogP) is -0.837. The summed E-state index contributed by atoms with van der Waals surface area (Å²) in [4.78, 5) is 21.0. The van der Waals surface area contributed by atoms with Gasteiger partial charge in [0.2, 0.25) is 5.91 Å². The SMILES string of the molecule is O=C(CCNC(=O)C(F)(F)F)NCCO. The Kier molecular flexibility index (Phi) is 5.68. The van der Waals surface area contributed by atoms with Gasteiger partial charge in [-0.05, 0) is 0 Å². The number of hydrogen-bond donors (Lipinski definition) is 3. The minimum atomic E-state index is -4.93. The summed E-state index contributed by atoms with van der Waals surface area (Å²) < 4.78 is 34.9. The third kappa shape index (κ3) is 6.72. The molecule has 0 aliphatic heterocycles. The zero-order chi connectivity index (χ0) is 11.9. The molecule has 3 N–H and O–H groups in total. The number of carbonyl (C=O) groups excluding carboxylic acids is 2. The molecule has 0 unspecified atom stereocenters. The Morgan fingerprint density at radius 2 is 1.73 bits per heavy atom. The topological polar surface area (TPSA) is 78.4 Å².